The van der Waals surface area contributed by atoms with Crippen LogP contribution in [-0.4, -0.2) is 4.98 Å². The van der Waals surface area contributed by atoms with Gasteiger partial charge in [-0.2, -0.15) is 0 Å². The average molecular weight is 499 g/mol. The van der Waals surface area contributed by atoms with E-state index in [0.717, 1.165) is 22.6 Å². The van der Waals surface area contributed by atoms with E-state index >= 15 is 0 Å². The molecule has 2 nitrogen and oxygen atoms in total. The van der Waals surface area contributed by atoms with Gasteiger partial charge < -0.3 is 5.32 Å². The summed E-state index contributed by atoms with van der Waals surface area (Å²) in [6, 6.07) is 38.8. The van der Waals surface area contributed by atoms with Gasteiger partial charge >= 0.3 is 0 Å². The molecule has 1 atom stereocenters. The van der Waals surface area contributed by atoms with Crippen LogP contribution in [0.25, 0.3) is 22.0 Å². The fourth-order valence-corrected chi connectivity index (χ4v) is 5.12. The summed E-state index contributed by atoms with van der Waals surface area (Å²) in [7, 11) is 0. The molecule has 4 aromatic carbocycles. The highest BCUT2D eigenvalue weighted by molar-refractivity contribution is 5.95. The maximum atomic E-state index is 5.27. The Morgan fingerprint density at radius 2 is 1.32 bits per heavy atom. The number of hydrogen-bond acceptors (Lipinski definition) is 2. The molecule has 0 saturated carbocycles. The summed E-state index contributed by atoms with van der Waals surface area (Å²) in [4.78, 5) is 5.27. The highest BCUT2D eigenvalue weighted by atomic mass is 15.0. The van der Waals surface area contributed by atoms with Gasteiger partial charge in [-0.15, -0.1) is 0 Å². The van der Waals surface area contributed by atoms with Crippen LogP contribution in [0.1, 0.15) is 70.0 Å². The Hall–Kier alpha value is -3.91. The quantitative estimate of drug-likeness (QED) is 0.261. The van der Waals surface area contributed by atoms with E-state index in [2.05, 4.69) is 156 Å². The third-order valence-electron chi connectivity index (χ3n) is 7.26. The summed E-state index contributed by atoms with van der Waals surface area (Å²) >= 11 is 0. The van der Waals surface area contributed by atoms with E-state index in [9.17, 15) is 0 Å². The zero-order chi connectivity index (χ0) is 26.9. The Bertz CT molecular complexity index is 1550. The number of hydrogen-bond donors (Lipinski definition) is 1. The molecule has 1 N–H and O–H groups in total. The van der Waals surface area contributed by atoms with Gasteiger partial charge in [-0.3, -0.25) is 4.98 Å². The summed E-state index contributed by atoms with van der Waals surface area (Å²) in [6.07, 6.45) is 0. The van der Waals surface area contributed by atoms with E-state index < -0.39 is 0 Å². The third kappa shape index (κ3) is 5.36. The van der Waals surface area contributed by atoms with E-state index in [1.165, 1.54) is 27.5 Å². The van der Waals surface area contributed by atoms with Crippen LogP contribution in [0.2, 0.25) is 0 Å². The molecule has 1 heterocycles. The van der Waals surface area contributed by atoms with Crippen molar-refractivity contribution in [2.24, 2.45) is 0 Å². The lowest BCUT2D eigenvalue weighted by Crippen LogP contribution is -2.21. The number of benzene rings is 4. The molecule has 0 fully saturated rings. The minimum Gasteiger partial charge on any atom is -0.373 e. The largest absolute Gasteiger partial charge is 0.373 e. The lowest BCUT2D eigenvalue weighted by Gasteiger charge is -2.30. The molecule has 0 aliphatic heterocycles. The van der Waals surface area contributed by atoms with Crippen molar-refractivity contribution in [3.8, 4) is 11.3 Å². The monoisotopic (exact) mass is 498 g/mol. The van der Waals surface area contributed by atoms with Crippen LogP contribution in [-0.2, 0) is 10.8 Å². The number of aromatic nitrogens is 1. The first kappa shape index (κ1) is 25.7. The number of fused-ring (bicyclic) bond motifs is 1. The number of pyridine rings is 1. The summed E-state index contributed by atoms with van der Waals surface area (Å²) in [5, 5.41) is 6.40. The molecule has 0 bridgehead atoms. The molecule has 2 heteroatoms. The zero-order valence-electron chi connectivity index (χ0n) is 23.4. The number of nitrogens with zero attached hydrogens (tertiary/aromatic N) is 1. The van der Waals surface area contributed by atoms with Crippen LogP contribution < -0.4 is 5.32 Å². The lowest BCUT2D eigenvalue weighted by molar-refractivity contribution is 0.577. The van der Waals surface area contributed by atoms with Gasteiger partial charge in [0.1, 0.15) is 0 Å². The minimum absolute atomic E-state index is 0.00177. The second kappa shape index (κ2) is 10.1. The van der Waals surface area contributed by atoms with Gasteiger partial charge in [-0.1, -0.05) is 133 Å². The van der Waals surface area contributed by atoms with Crippen LogP contribution in [0.15, 0.2) is 109 Å². The molecule has 192 valence electrons. The number of nitrogens with one attached hydrogen (secondary N) is 1. The van der Waals surface area contributed by atoms with Crippen LogP contribution in [0.4, 0.5) is 5.69 Å². The van der Waals surface area contributed by atoms with E-state index in [1.54, 1.807) is 0 Å². The van der Waals surface area contributed by atoms with E-state index in [0.29, 0.717) is 0 Å². The highest BCUT2D eigenvalue weighted by Crippen LogP contribution is 2.37. The topological polar surface area (TPSA) is 24.9 Å². The van der Waals surface area contributed by atoms with Crippen molar-refractivity contribution < 1.29 is 0 Å². The molecule has 0 saturated heterocycles. The maximum absolute atomic E-state index is 5.27. The standard InChI is InChI=1S/C36H38N2/c1-35(2,3)27-22-23-30(36(4,5)6)33(24-27)38-34(26-15-8-7-9-16-26)32-21-13-20-31(37-32)29-19-12-17-25-14-10-11-18-28(25)29/h7-24,34,38H,1-6H3. The Morgan fingerprint density at radius 3 is 2.05 bits per heavy atom. The Labute approximate surface area is 227 Å². The molecule has 5 aromatic rings. The number of anilines is 1. The maximum Gasteiger partial charge on any atom is 0.0940 e. The lowest BCUT2D eigenvalue weighted by atomic mass is 9.81. The van der Waals surface area contributed by atoms with E-state index in [4.69, 9.17) is 4.98 Å². The summed E-state index contributed by atoms with van der Waals surface area (Å²) in [6.45, 7) is 13.6. The van der Waals surface area contributed by atoms with Gasteiger partial charge in [0.2, 0.25) is 0 Å². The van der Waals surface area contributed by atoms with Crippen molar-refractivity contribution >= 4 is 16.5 Å². The van der Waals surface area contributed by atoms with Crippen molar-refractivity contribution in [2.75, 3.05) is 5.32 Å². The Balaban J connectivity index is 1.65. The molecule has 0 aliphatic rings. The first-order valence-electron chi connectivity index (χ1n) is 13.5. The molecule has 1 aromatic heterocycles. The van der Waals surface area contributed by atoms with Gasteiger partial charge in [0, 0.05) is 11.3 Å². The molecule has 0 amide bonds. The first-order chi connectivity index (χ1) is 18.1. The molecule has 1 unspecified atom stereocenters. The predicted octanol–water partition coefficient (Wildman–Crippen LogP) is 9.70. The molecule has 5 rings (SSSR count). The van der Waals surface area contributed by atoms with Crippen molar-refractivity contribution in [2.45, 2.75) is 58.4 Å². The molecule has 0 aliphatic carbocycles. The molecule has 0 radical (unpaired) electrons. The zero-order valence-corrected chi connectivity index (χ0v) is 23.4. The summed E-state index contributed by atoms with van der Waals surface area (Å²) < 4.78 is 0. The molecule has 0 spiro atoms. The average Bonchev–Trinajstić information content (AvgIpc) is 2.91. The SMILES string of the molecule is CC(C)(C)c1ccc(C(C)(C)C)c(NC(c2ccccc2)c2cccc(-c3cccc4ccccc34)n2)c1. The van der Waals surface area contributed by atoms with Gasteiger partial charge in [-0.05, 0) is 56.5 Å². The summed E-state index contributed by atoms with van der Waals surface area (Å²) in [5.41, 5.74) is 8.17. The van der Waals surface area contributed by atoms with Crippen molar-refractivity contribution in [3.63, 3.8) is 0 Å². The second-order valence-electron chi connectivity index (χ2n) is 12.2. The van der Waals surface area contributed by atoms with E-state index in [-0.39, 0.29) is 16.9 Å². The third-order valence-corrected chi connectivity index (χ3v) is 7.26. The molecular weight excluding hydrogens is 460 g/mol. The fraction of sp³-hybridized carbons (Fsp3) is 0.250. The van der Waals surface area contributed by atoms with Crippen molar-refractivity contribution in [1.82, 2.24) is 4.98 Å². The van der Waals surface area contributed by atoms with E-state index in [1.807, 2.05) is 0 Å². The van der Waals surface area contributed by atoms with Gasteiger partial charge in [0.05, 0.1) is 17.4 Å². The van der Waals surface area contributed by atoms with Crippen molar-refractivity contribution in [1.29, 1.82) is 0 Å². The smallest absolute Gasteiger partial charge is 0.0940 e. The van der Waals surface area contributed by atoms with Gasteiger partial charge in [0.15, 0.2) is 0 Å². The highest BCUT2D eigenvalue weighted by Gasteiger charge is 2.25. The normalized spacial score (nSPS) is 12.9. The second-order valence-corrected chi connectivity index (χ2v) is 12.2. The van der Waals surface area contributed by atoms with Gasteiger partial charge in [0.25, 0.3) is 0 Å². The van der Waals surface area contributed by atoms with Crippen LogP contribution >= 0.6 is 0 Å². The first-order valence-corrected chi connectivity index (χ1v) is 13.5. The molecule has 38 heavy (non-hydrogen) atoms. The van der Waals surface area contributed by atoms with Crippen LogP contribution in [0, 0.1) is 0 Å². The number of rotatable bonds is 5. The molecular formula is C36H38N2. The van der Waals surface area contributed by atoms with Crippen molar-refractivity contribution in [3.05, 3.63) is 132 Å². The van der Waals surface area contributed by atoms with Crippen LogP contribution in [0.5, 0.6) is 0 Å². The Kier molecular flexibility index (Phi) is 6.84. The summed E-state index contributed by atoms with van der Waals surface area (Å²) in [5.74, 6) is 0. The van der Waals surface area contributed by atoms with Gasteiger partial charge in [-0.25, -0.2) is 0 Å². The Morgan fingerprint density at radius 1 is 0.632 bits per heavy atom. The predicted molar refractivity (Wildman–Crippen MR) is 163 cm³/mol. The fourth-order valence-electron chi connectivity index (χ4n) is 5.12. The van der Waals surface area contributed by atoms with Crippen LogP contribution in [0.3, 0.4) is 0 Å². The minimum atomic E-state index is -0.0950.